The van der Waals surface area contributed by atoms with Crippen LogP contribution >= 0.6 is 27.5 Å². The number of hydrogen-bond acceptors (Lipinski definition) is 5. The van der Waals surface area contributed by atoms with Crippen LogP contribution in [0.4, 0.5) is 0 Å². The normalized spacial score (nSPS) is 10.7. The van der Waals surface area contributed by atoms with Gasteiger partial charge in [0.05, 0.1) is 25.8 Å². The number of methoxy groups -OCH3 is 3. The van der Waals surface area contributed by atoms with Crippen molar-refractivity contribution in [2.45, 2.75) is 19.6 Å². The standard InChI is InChI=1S/C25H27BrClNO4/c1-29-22-9-6-17(13-23(22)30-2)10-11-28-15-19-12-21(26)25(24(14-19)31-3)32-16-18-4-7-20(27)8-5-18/h4-9,12-14,28H,10-11,15-16H2,1-3H3. The van der Waals surface area contributed by atoms with Crippen molar-refractivity contribution in [1.29, 1.82) is 0 Å². The van der Waals surface area contributed by atoms with Crippen LogP contribution in [0.3, 0.4) is 0 Å². The van der Waals surface area contributed by atoms with Crippen LogP contribution in [0.25, 0.3) is 0 Å². The fourth-order valence-corrected chi connectivity index (χ4v) is 3.98. The van der Waals surface area contributed by atoms with Crippen LogP contribution in [0.1, 0.15) is 16.7 Å². The molecule has 0 saturated carbocycles. The summed E-state index contributed by atoms with van der Waals surface area (Å²) in [6.07, 6.45) is 0.876. The molecule has 0 aliphatic rings. The first kappa shape index (κ1) is 24.2. The van der Waals surface area contributed by atoms with E-state index in [0.717, 1.165) is 40.1 Å². The molecular formula is C25H27BrClNO4. The zero-order valence-corrected chi connectivity index (χ0v) is 20.8. The second-order valence-electron chi connectivity index (χ2n) is 7.14. The zero-order valence-electron chi connectivity index (χ0n) is 18.4. The lowest BCUT2D eigenvalue weighted by molar-refractivity contribution is 0.282. The summed E-state index contributed by atoms with van der Waals surface area (Å²) in [4.78, 5) is 0. The van der Waals surface area contributed by atoms with Gasteiger partial charge in [0.1, 0.15) is 6.61 Å². The fourth-order valence-electron chi connectivity index (χ4n) is 3.25. The molecule has 0 atom stereocenters. The number of hydrogen-bond donors (Lipinski definition) is 1. The maximum atomic E-state index is 6.01. The Hall–Kier alpha value is -2.41. The van der Waals surface area contributed by atoms with Crippen LogP contribution in [0.2, 0.25) is 5.02 Å². The average Bonchev–Trinajstić information content (AvgIpc) is 2.81. The Morgan fingerprint density at radius 3 is 2.12 bits per heavy atom. The van der Waals surface area contributed by atoms with E-state index >= 15 is 0 Å². The number of nitrogens with one attached hydrogen (secondary N) is 1. The molecule has 170 valence electrons. The van der Waals surface area contributed by atoms with Crippen molar-refractivity contribution in [2.75, 3.05) is 27.9 Å². The molecule has 0 spiro atoms. The second kappa shape index (κ2) is 12.0. The molecule has 3 rings (SSSR count). The summed E-state index contributed by atoms with van der Waals surface area (Å²) in [6, 6.07) is 17.6. The predicted octanol–water partition coefficient (Wildman–Crippen LogP) is 6.04. The van der Waals surface area contributed by atoms with Crippen molar-refractivity contribution in [3.05, 3.63) is 80.8 Å². The first-order chi connectivity index (χ1) is 15.5. The van der Waals surface area contributed by atoms with E-state index in [9.17, 15) is 0 Å². The Bertz CT molecular complexity index is 1030. The van der Waals surface area contributed by atoms with Gasteiger partial charge in [-0.2, -0.15) is 0 Å². The Morgan fingerprint density at radius 2 is 1.44 bits per heavy atom. The molecule has 1 N–H and O–H groups in total. The van der Waals surface area contributed by atoms with Crippen LogP contribution in [-0.2, 0) is 19.6 Å². The highest BCUT2D eigenvalue weighted by Gasteiger charge is 2.12. The van der Waals surface area contributed by atoms with Gasteiger partial charge in [0.15, 0.2) is 23.0 Å². The van der Waals surface area contributed by atoms with Crippen molar-refractivity contribution >= 4 is 27.5 Å². The number of benzene rings is 3. The summed E-state index contributed by atoms with van der Waals surface area (Å²) in [6.45, 7) is 1.96. The largest absolute Gasteiger partial charge is 0.493 e. The minimum atomic E-state index is 0.426. The minimum Gasteiger partial charge on any atom is -0.493 e. The molecule has 0 fully saturated rings. The first-order valence-corrected chi connectivity index (χ1v) is 11.4. The topological polar surface area (TPSA) is 49.0 Å². The molecule has 3 aromatic carbocycles. The van der Waals surface area contributed by atoms with E-state index in [2.05, 4.69) is 27.3 Å². The van der Waals surface area contributed by atoms with Crippen LogP contribution in [0.15, 0.2) is 59.1 Å². The molecule has 0 aliphatic heterocycles. The summed E-state index contributed by atoms with van der Waals surface area (Å²) in [5.41, 5.74) is 3.31. The molecule has 0 amide bonds. The summed E-state index contributed by atoms with van der Waals surface area (Å²) in [5.74, 6) is 2.84. The molecule has 0 aromatic heterocycles. The van der Waals surface area contributed by atoms with E-state index in [1.54, 1.807) is 21.3 Å². The van der Waals surface area contributed by atoms with E-state index in [4.69, 9.17) is 30.5 Å². The highest BCUT2D eigenvalue weighted by molar-refractivity contribution is 9.10. The third-order valence-corrected chi connectivity index (χ3v) is 5.79. The summed E-state index contributed by atoms with van der Waals surface area (Å²) in [5, 5.41) is 4.18. The first-order valence-electron chi connectivity index (χ1n) is 10.2. The van der Waals surface area contributed by atoms with Gasteiger partial charge in [0.25, 0.3) is 0 Å². The smallest absolute Gasteiger partial charge is 0.175 e. The van der Waals surface area contributed by atoms with Crippen molar-refractivity contribution in [1.82, 2.24) is 5.32 Å². The number of halogens is 2. The Labute approximate surface area is 202 Å². The van der Waals surface area contributed by atoms with Gasteiger partial charge in [-0.25, -0.2) is 0 Å². The van der Waals surface area contributed by atoms with Gasteiger partial charge >= 0.3 is 0 Å². The molecule has 0 bridgehead atoms. The minimum absolute atomic E-state index is 0.426. The summed E-state index contributed by atoms with van der Waals surface area (Å²) in [7, 11) is 4.93. The summed E-state index contributed by atoms with van der Waals surface area (Å²) >= 11 is 9.57. The maximum Gasteiger partial charge on any atom is 0.175 e. The zero-order chi connectivity index (χ0) is 22.9. The third kappa shape index (κ3) is 6.55. The van der Waals surface area contributed by atoms with Crippen molar-refractivity contribution < 1.29 is 18.9 Å². The van der Waals surface area contributed by atoms with Gasteiger partial charge in [0, 0.05) is 11.6 Å². The van der Waals surface area contributed by atoms with Crippen LogP contribution < -0.4 is 24.3 Å². The van der Waals surface area contributed by atoms with Crippen LogP contribution in [-0.4, -0.2) is 27.9 Å². The van der Waals surface area contributed by atoms with E-state index < -0.39 is 0 Å². The van der Waals surface area contributed by atoms with Gasteiger partial charge in [-0.3, -0.25) is 0 Å². The van der Waals surface area contributed by atoms with Crippen molar-refractivity contribution in [3.8, 4) is 23.0 Å². The van der Waals surface area contributed by atoms with E-state index in [-0.39, 0.29) is 0 Å². The van der Waals surface area contributed by atoms with E-state index in [0.29, 0.717) is 29.7 Å². The lowest BCUT2D eigenvalue weighted by Gasteiger charge is -2.15. The number of rotatable bonds is 11. The SMILES string of the molecule is COc1ccc(CCNCc2cc(Br)c(OCc3ccc(Cl)cc3)c(OC)c2)cc1OC. The van der Waals surface area contributed by atoms with Crippen molar-refractivity contribution in [3.63, 3.8) is 0 Å². The Balaban J connectivity index is 1.56. The highest BCUT2D eigenvalue weighted by atomic mass is 79.9. The molecule has 5 nitrogen and oxygen atoms in total. The Kier molecular flexibility index (Phi) is 9.09. The van der Waals surface area contributed by atoms with E-state index in [1.165, 1.54) is 5.56 Å². The molecule has 0 aliphatic carbocycles. The van der Waals surface area contributed by atoms with Gasteiger partial charge < -0.3 is 24.3 Å². The highest BCUT2D eigenvalue weighted by Crippen LogP contribution is 2.37. The quantitative estimate of drug-likeness (QED) is 0.312. The van der Waals surface area contributed by atoms with Crippen molar-refractivity contribution in [2.24, 2.45) is 0 Å². The summed E-state index contributed by atoms with van der Waals surface area (Å²) < 4.78 is 23.1. The van der Waals surface area contributed by atoms with Gasteiger partial charge in [-0.15, -0.1) is 0 Å². The van der Waals surface area contributed by atoms with Gasteiger partial charge in [-0.05, 0) is 82.0 Å². The lowest BCUT2D eigenvalue weighted by atomic mass is 10.1. The van der Waals surface area contributed by atoms with Gasteiger partial charge in [-0.1, -0.05) is 29.8 Å². The number of ether oxygens (including phenoxy) is 4. The molecule has 32 heavy (non-hydrogen) atoms. The molecule has 0 saturated heterocycles. The second-order valence-corrected chi connectivity index (χ2v) is 8.43. The molecule has 3 aromatic rings. The molecule has 0 unspecified atom stereocenters. The molecule has 0 radical (unpaired) electrons. The molecule has 0 heterocycles. The monoisotopic (exact) mass is 519 g/mol. The predicted molar refractivity (Wildman–Crippen MR) is 131 cm³/mol. The lowest BCUT2D eigenvalue weighted by Crippen LogP contribution is -2.17. The Morgan fingerprint density at radius 1 is 0.781 bits per heavy atom. The van der Waals surface area contributed by atoms with Crippen LogP contribution in [0.5, 0.6) is 23.0 Å². The molecule has 7 heteroatoms. The van der Waals surface area contributed by atoms with E-state index in [1.807, 2.05) is 48.5 Å². The third-order valence-electron chi connectivity index (χ3n) is 4.95. The maximum absolute atomic E-state index is 6.01. The van der Waals surface area contributed by atoms with Gasteiger partial charge in [0.2, 0.25) is 0 Å². The molecular weight excluding hydrogens is 494 g/mol. The average molecular weight is 521 g/mol. The van der Waals surface area contributed by atoms with Crippen LogP contribution in [0, 0.1) is 0 Å². The fraction of sp³-hybridized carbons (Fsp3) is 0.280.